The minimum absolute atomic E-state index is 0.0597. The second kappa shape index (κ2) is 9.30. The van der Waals surface area contributed by atoms with Gasteiger partial charge in [0, 0.05) is 36.9 Å². The maximum Gasteiger partial charge on any atom is 0.253 e. The Bertz CT molecular complexity index is 855. The minimum atomic E-state index is -0.270. The van der Waals surface area contributed by atoms with Crippen molar-refractivity contribution in [2.45, 2.75) is 0 Å². The van der Waals surface area contributed by atoms with Gasteiger partial charge in [0.05, 0.1) is 20.8 Å². The van der Waals surface area contributed by atoms with E-state index < -0.39 is 0 Å². The zero-order valence-electron chi connectivity index (χ0n) is 15.8. The second-order valence-electron chi connectivity index (χ2n) is 5.86. The van der Waals surface area contributed by atoms with Crippen LogP contribution >= 0.6 is 0 Å². The number of methoxy groups -OCH3 is 2. The second-order valence-corrected chi connectivity index (χ2v) is 5.86. The van der Waals surface area contributed by atoms with Crippen LogP contribution in [0.2, 0.25) is 0 Å². The summed E-state index contributed by atoms with van der Waals surface area (Å²) in [7, 11) is 6.46. The summed E-state index contributed by atoms with van der Waals surface area (Å²) in [5.41, 5.74) is 1.80. The lowest BCUT2D eigenvalue weighted by Gasteiger charge is -2.09. The SMILES string of the molecule is COc1cc(OC)cc(C(=O)NCC#Cc2ccc(C(=O)N(C)C)cc2)c1. The number of hydrogen-bond acceptors (Lipinski definition) is 4. The van der Waals surface area contributed by atoms with Crippen LogP contribution in [0.15, 0.2) is 42.5 Å². The van der Waals surface area contributed by atoms with E-state index in [1.54, 1.807) is 56.6 Å². The number of nitrogens with one attached hydrogen (secondary N) is 1. The third-order valence-electron chi connectivity index (χ3n) is 3.72. The molecule has 6 nitrogen and oxygen atoms in total. The number of hydrogen-bond donors (Lipinski definition) is 1. The predicted octanol–water partition coefficient (Wildman–Crippen LogP) is 2.19. The van der Waals surface area contributed by atoms with Crippen molar-refractivity contribution in [3.05, 3.63) is 59.2 Å². The maximum absolute atomic E-state index is 12.2. The maximum atomic E-state index is 12.2. The monoisotopic (exact) mass is 366 g/mol. The van der Waals surface area contributed by atoms with Gasteiger partial charge in [0.15, 0.2) is 0 Å². The van der Waals surface area contributed by atoms with E-state index in [4.69, 9.17) is 9.47 Å². The Hall–Kier alpha value is -3.46. The van der Waals surface area contributed by atoms with Crippen LogP contribution in [0, 0.1) is 11.8 Å². The third-order valence-corrected chi connectivity index (χ3v) is 3.72. The highest BCUT2D eigenvalue weighted by molar-refractivity contribution is 5.95. The molecule has 0 saturated carbocycles. The van der Waals surface area contributed by atoms with Crippen LogP contribution in [0.3, 0.4) is 0 Å². The van der Waals surface area contributed by atoms with E-state index in [2.05, 4.69) is 17.2 Å². The van der Waals surface area contributed by atoms with Gasteiger partial charge >= 0.3 is 0 Å². The van der Waals surface area contributed by atoms with Crippen LogP contribution in [-0.2, 0) is 0 Å². The van der Waals surface area contributed by atoms with Gasteiger partial charge in [-0.25, -0.2) is 0 Å². The molecule has 2 aromatic carbocycles. The topological polar surface area (TPSA) is 67.9 Å². The molecule has 0 aliphatic heterocycles. The van der Waals surface area contributed by atoms with E-state index in [0.717, 1.165) is 5.56 Å². The van der Waals surface area contributed by atoms with Gasteiger partial charge in [0.1, 0.15) is 11.5 Å². The minimum Gasteiger partial charge on any atom is -0.497 e. The van der Waals surface area contributed by atoms with Crippen LogP contribution < -0.4 is 14.8 Å². The number of amides is 2. The molecule has 0 unspecified atom stereocenters. The van der Waals surface area contributed by atoms with Crippen LogP contribution in [0.25, 0.3) is 0 Å². The van der Waals surface area contributed by atoms with Gasteiger partial charge in [0.25, 0.3) is 11.8 Å². The Morgan fingerprint density at radius 3 is 2.07 bits per heavy atom. The van der Waals surface area contributed by atoms with E-state index in [9.17, 15) is 9.59 Å². The zero-order valence-corrected chi connectivity index (χ0v) is 15.8. The van der Waals surface area contributed by atoms with Crippen molar-refractivity contribution >= 4 is 11.8 Å². The van der Waals surface area contributed by atoms with Crippen LogP contribution in [0.1, 0.15) is 26.3 Å². The van der Waals surface area contributed by atoms with Crippen molar-refractivity contribution < 1.29 is 19.1 Å². The Kier molecular flexibility index (Phi) is 6.84. The molecule has 2 aromatic rings. The summed E-state index contributed by atoms with van der Waals surface area (Å²) in [5.74, 6) is 6.59. The fourth-order valence-corrected chi connectivity index (χ4v) is 2.27. The fraction of sp³-hybridized carbons (Fsp3) is 0.238. The lowest BCUT2D eigenvalue weighted by molar-refractivity contribution is 0.0827. The molecule has 0 radical (unpaired) electrons. The smallest absolute Gasteiger partial charge is 0.253 e. The Labute approximate surface area is 159 Å². The highest BCUT2D eigenvalue weighted by Gasteiger charge is 2.09. The third kappa shape index (κ3) is 5.51. The molecule has 0 aromatic heterocycles. The predicted molar refractivity (Wildman–Crippen MR) is 103 cm³/mol. The van der Waals surface area contributed by atoms with E-state index in [-0.39, 0.29) is 18.4 Å². The van der Waals surface area contributed by atoms with Gasteiger partial charge in [-0.05, 0) is 36.4 Å². The van der Waals surface area contributed by atoms with Gasteiger partial charge in [-0.3, -0.25) is 9.59 Å². The average molecular weight is 366 g/mol. The molecule has 0 saturated heterocycles. The van der Waals surface area contributed by atoms with Crippen molar-refractivity contribution in [3.63, 3.8) is 0 Å². The van der Waals surface area contributed by atoms with Crippen LogP contribution in [0.4, 0.5) is 0 Å². The van der Waals surface area contributed by atoms with Crippen LogP contribution in [-0.4, -0.2) is 51.6 Å². The summed E-state index contributed by atoms with van der Waals surface area (Å²) in [6.45, 7) is 0.191. The quantitative estimate of drug-likeness (QED) is 0.824. The number of nitrogens with zero attached hydrogens (tertiary/aromatic N) is 1. The molecule has 0 aliphatic carbocycles. The van der Waals surface area contributed by atoms with Crippen molar-refractivity contribution in [1.29, 1.82) is 0 Å². The first-order chi connectivity index (χ1) is 12.9. The Morgan fingerprint density at radius 1 is 0.963 bits per heavy atom. The summed E-state index contributed by atoms with van der Waals surface area (Å²) < 4.78 is 10.3. The molecule has 27 heavy (non-hydrogen) atoms. The number of carbonyl (C=O) groups excluding carboxylic acids is 2. The molecular weight excluding hydrogens is 344 g/mol. The molecule has 6 heteroatoms. The largest absolute Gasteiger partial charge is 0.497 e. The summed E-state index contributed by atoms with van der Waals surface area (Å²) in [6, 6.07) is 12.0. The molecule has 0 heterocycles. The molecule has 0 aliphatic rings. The summed E-state index contributed by atoms with van der Waals surface area (Å²) in [6.07, 6.45) is 0. The van der Waals surface area contributed by atoms with Gasteiger partial charge in [-0.1, -0.05) is 11.8 Å². The molecule has 2 rings (SSSR count). The van der Waals surface area contributed by atoms with Gasteiger partial charge < -0.3 is 19.7 Å². The number of ether oxygens (including phenoxy) is 2. The van der Waals surface area contributed by atoms with Crippen LogP contribution in [0.5, 0.6) is 11.5 Å². The summed E-state index contributed by atoms with van der Waals surface area (Å²) in [4.78, 5) is 25.6. The van der Waals surface area contributed by atoms with Crippen molar-refractivity contribution in [1.82, 2.24) is 10.2 Å². The van der Waals surface area contributed by atoms with E-state index in [1.807, 2.05) is 0 Å². The molecule has 0 spiro atoms. The molecule has 1 N–H and O–H groups in total. The first-order valence-electron chi connectivity index (χ1n) is 8.26. The molecule has 0 bridgehead atoms. The average Bonchev–Trinajstić information content (AvgIpc) is 2.70. The van der Waals surface area contributed by atoms with Gasteiger partial charge in [-0.15, -0.1) is 0 Å². The van der Waals surface area contributed by atoms with E-state index >= 15 is 0 Å². The van der Waals surface area contributed by atoms with E-state index in [0.29, 0.717) is 22.6 Å². The van der Waals surface area contributed by atoms with Crippen molar-refractivity contribution in [2.24, 2.45) is 0 Å². The van der Waals surface area contributed by atoms with Gasteiger partial charge in [0.2, 0.25) is 0 Å². The Balaban J connectivity index is 1.97. The van der Waals surface area contributed by atoms with E-state index in [1.165, 1.54) is 19.1 Å². The number of rotatable bonds is 5. The first kappa shape index (κ1) is 19.9. The van der Waals surface area contributed by atoms with Crippen molar-refractivity contribution in [3.8, 4) is 23.3 Å². The lowest BCUT2D eigenvalue weighted by Crippen LogP contribution is -2.23. The number of carbonyl (C=O) groups is 2. The molecule has 2 amide bonds. The number of benzene rings is 2. The fourth-order valence-electron chi connectivity index (χ4n) is 2.27. The standard InChI is InChI=1S/C21H22N2O4/c1-23(2)21(25)16-9-7-15(8-10-16)6-5-11-22-20(24)17-12-18(26-3)14-19(13-17)27-4/h7-10,12-14H,11H2,1-4H3,(H,22,24). The molecule has 0 atom stereocenters. The summed E-state index contributed by atoms with van der Waals surface area (Å²) >= 11 is 0. The zero-order chi connectivity index (χ0) is 19.8. The molecule has 0 fully saturated rings. The van der Waals surface area contributed by atoms with Gasteiger partial charge in [-0.2, -0.15) is 0 Å². The first-order valence-corrected chi connectivity index (χ1v) is 8.26. The normalized spacial score (nSPS) is 9.63. The lowest BCUT2D eigenvalue weighted by atomic mass is 10.1. The highest BCUT2D eigenvalue weighted by Crippen LogP contribution is 2.22. The molecular formula is C21H22N2O4. The van der Waals surface area contributed by atoms with Crippen molar-refractivity contribution in [2.75, 3.05) is 34.9 Å². The molecule has 140 valence electrons. The summed E-state index contributed by atoms with van der Waals surface area (Å²) in [5, 5.41) is 2.73. The highest BCUT2D eigenvalue weighted by atomic mass is 16.5. The Morgan fingerprint density at radius 2 is 1.56 bits per heavy atom.